The molecule has 0 nitrogen and oxygen atoms in total. The van der Waals surface area contributed by atoms with Crippen LogP contribution in [0.25, 0.3) is 0 Å². The van der Waals surface area contributed by atoms with Crippen molar-refractivity contribution in [1.29, 1.82) is 0 Å². The Labute approximate surface area is 56.7 Å². The number of hydrogen-bond donors (Lipinski definition) is 0. The predicted octanol–water partition coefficient (Wildman–Crippen LogP) is 1.43. The van der Waals surface area contributed by atoms with Crippen molar-refractivity contribution in [3.63, 3.8) is 0 Å². The van der Waals surface area contributed by atoms with Gasteiger partial charge in [0.2, 0.25) is 0 Å². The number of rotatable bonds is 2. The Morgan fingerprint density at radius 2 is 1.00 bits per heavy atom. The second kappa shape index (κ2) is 4.33. The van der Waals surface area contributed by atoms with Crippen molar-refractivity contribution in [1.82, 2.24) is 0 Å². The highest BCUT2D eigenvalue weighted by molar-refractivity contribution is 6.74. The molecule has 0 amide bonds. The largest absolute Gasteiger partial charge is 0.0628 e. The third kappa shape index (κ3) is 6.43. The maximum Gasteiger partial charge on any atom is -0.0292 e. The van der Waals surface area contributed by atoms with Gasteiger partial charge in [0, 0.05) is 0 Å². The Bertz CT molecular complexity index is 64.6. The lowest BCUT2D eigenvalue weighted by molar-refractivity contribution is 1.06. The molecule has 0 unspecified atom stereocenters. The predicted molar refractivity (Wildman–Crippen MR) is 44.5 cm³/mol. The van der Waals surface area contributed by atoms with Crippen LogP contribution in [0.1, 0.15) is 27.7 Å². The Morgan fingerprint density at radius 1 is 0.750 bits per heavy atom. The normalized spacial score (nSPS) is 12.2. The SMILES string of the molecule is CC(C)/[SiH]=[SiH]/C(C)C. The van der Waals surface area contributed by atoms with E-state index in [0.717, 1.165) is 28.3 Å². The molecule has 8 heavy (non-hydrogen) atoms. The molecule has 0 rings (SSSR count). The van der Waals surface area contributed by atoms with Crippen LogP contribution in [0.5, 0.6) is 0 Å². The average Bonchev–Trinajstić information content (AvgIpc) is 1.61. The van der Waals surface area contributed by atoms with Gasteiger partial charge in [-0.1, -0.05) is 27.7 Å². The minimum atomic E-state index is 0.817. The van der Waals surface area contributed by atoms with E-state index >= 15 is 0 Å². The van der Waals surface area contributed by atoms with Crippen molar-refractivity contribution in [2.75, 3.05) is 0 Å². The zero-order valence-corrected chi connectivity index (χ0v) is 8.62. The molecule has 0 atom stereocenters. The first kappa shape index (κ1) is 8.43. The van der Waals surface area contributed by atoms with Gasteiger partial charge in [-0.2, -0.15) is 0 Å². The lowest BCUT2D eigenvalue weighted by Crippen LogP contribution is -1.93. The summed E-state index contributed by atoms with van der Waals surface area (Å²) in [5, 5.41) is 0. The van der Waals surface area contributed by atoms with Crippen LogP contribution in [-0.2, 0) is 0 Å². The van der Waals surface area contributed by atoms with E-state index < -0.39 is 0 Å². The summed E-state index contributed by atoms with van der Waals surface area (Å²) in [6.07, 6.45) is 0. The molecule has 0 aliphatic carbocycles. The average molecular weight is 144 g/mol. The van der Waals surface area contributed by atoms with Gasteiger partial charge in [0.1, 0.15) is 0 Å². The zero-order valence-electron chi connectivity index (χ0n) is 6.31. The summed E-state index contributed by atoms with van der Waals surface area (Å²) in [6, 6.07) is 0. The van der Waals surface area contributed by atoms with E-state index in [2.05, 4.69) is 27.7 Å². The Kier molecular flexibility index (Phi) is 4.56. The van der Waals surface area contributed by atoms with E-state index in [-0.39, 0.29) is 0 Å². The van der Waals surface area contributed by atoms with Gasteiger partial charge in [-0.3, -0.25) is 0 Å². The van der Waals surface area contributed by atoms with Gasteiger partial charge in [0.25, 0.3) is 0 Å². The molecule has 0 N–H and O–H groups in total. The maximum absolute atomic E-state index is 2.34. The van der Waals surface area contributed by atoms with Crippen LogP contribution in [0.3, 0.4) is 0 Å². The summed E-state index contributed by atoms with van der Waals surface area (Å²) >= 11 is 0. The first-order valence-corrected chi connectivity index (χ1v) is 7.31. The molecule has 0 fully saturated rings. The smallest absolute Gasteiger partial charge is 0.0292 e. The summed E-state index contributed by atoms with van der Waals surface area (Å²) in [7, 11) is 1.63. The molecular weight excluding hydrogens is 128 g/mol. The van der Waals surface area contributed by atoms with Crippen LogP contribution < -0.4 is 0 Å². The fraction of sp³-hybridized carbons (Fsp3) is 1.00. The lowest BCUT2D eigenvalue weighted by Gasteiger charge is -1.94. The molecule has 0 aliphatic heterocycles. The molecule has 0 spiro atoms. The first-order valence-electron chi connectivity index (χ1n) is 3.31. The molecule has 2 heteroatoms. The van der Waals surface area contributed by atoms with E-state index in [1.165, 1.54) is 0 Å². The number of hydrogen-bond acceptors (Lipinski definition) is 0. The van der Waals surface area contributed by atoms with Gasteiger partial charge in [-0.25, -0.2) is 0 Å². The van der Waals surface area contributed by atoms with Crippen molar-refractivity contribution in [2.24, 2.45) is 0 Å². The molecule has 0 aliphatic rings. The monoisotopic (exact) mass is 144 g/mol. The molecule has 0 bridgehead atoms. The molecular formula is C6H16Si2. The van der Waals surface area contributed by atoms with Crippen molar-refractivity contribution >= 4 is 17.2 Å². The second-order valence-corrected chi connectivity index (χ2v) is 8.62. The minimum Gasteiger partial charge on any atom is -0.0628 e. The second-order valence-electron chi connectivity index (χ2n) is 2.87. The minimum absolute atomic E-state index is 0.817. The van der Waals surface area contributed by atoms with Crippen molar-refractivity contribution in [3.8, 4) is 0 Å². The maximum atomic E-state index is 2.34. The molecule has 0 aromatic carbocycles. The fourth-order valence-electron chi connectivity index (χ4n) is 0.444. The fourth-order valence-corrected chi connectivity index (χ4v) is 4.00. The van der Waals surface area contributed by atoms with Crippen LogP contribution >= 0.6 is 0 Å². The van der Waals surface area contributed by atoms with Gasteiger partial charge >= 0.3 is 0 Å². The molecule has 0 heterocycles. The Balaban J connectivity index is 3.34. The molecule has 0 radical (unpaired) electrons. The molecule has 0 aromatic rings. The van der Waals surface area contributed by atoms with Crippen molar-refractivity contribution in [3.05, 3.63) is 0 Å². The van der Waals surface area contributed by atoms with Gasteiger partial charge in [-0.05, 0) is 28.3 Å². The van der Waals surface area contributed by atoms with Gasteiger partial charge in [0.15, 0.2) is 0 Å². The third-order valence-electron chi connectivity index (χ3n) is 0.881. The summed E-state index contributed by atoms with van der Waals surface area (Å²) in [6.45, 7) is 9.35. The van der Waals surface area contributed by atoms with Crippen LogP contribution in [0.4, 0.5) is 0 Å². The molecule has 48 valence electrons. The Morgan fingerprint density at radius 3 is 1.12 bits per heavy atom. The summed E-state index contributed by atoms with van der Waals surface area (Å²) in [4.78, 5) is 0. The highest BCUT2D eigenvalue weighted by Crippen LogP contribution is 1.95. The van der Waals surface area contributed by atoms with Crippen LogP contribution in [0, 0.1) is 0 Å². The van der Waals surface area contributed by atoms with Crippen molar-refractivity contribution < 1.29 is 0 Å². The standard InChI is InChI=1S/C6H16Si2/c1-5(2)7-8-6(3)4/h5-8H,1-4H3/b8-7+. The van der Waals surface area contributed by atoms with Crippen LogP contribution in [-0.4, -0.2) is 17.2 Å². The lowest BCUT2D eigenvalue weighted by atomic mass is 10.6. The van der Waals surface area contributed by atoms with Crippen LogP contribution in [0.2, 0.25) is 11.1 Å². The topological polar surface area (TPSA) is 0 Å². The summed E-state index contributed by atoms with van der Waals surface area (Å²) in [5.74, 6) is 0. The van der Waals surface area contributed by atoms with Gasteiger partial charge in [0.05, 0.1) is 0 Å². The third-order valence-corrected chi connectivity index (χ3v) is 7.93. The van der Waals surface area contributed by atoms with E-state index in [4.69, 9.17) is 0 Å². The van der Waals surface area contributed by atoms with E-state index in [1.54, 1.807) is 0 Å². The zero-order chi connectivity index (χ0) is 6.57. The van der Waals surface area contributed by atoms with Gasteiger partial charge < -0.3 is 0 Å². The highest BCUT2D eigenvalue weighted by Gasteiger charge is 1.86. The molecule has 0 aromatic heterocycles. The summed E-state index contributed by atoms with van der Waals surface area (Å²) < 4.78 is 0. The van der Waals surface area contributed by atoms with E-state index in [1.807, 2.05) is 0 Å². The Hall–Kier alpha value is 0.434. The molecule has 0 saturated carbocycles. The van der Waals surface area contributed by atoms with Crippen molar-refractivity contribution in [2.45, 2.75) is 38.8 Å². The van der Waals surface area contributed by atoms with E-state index in [9.17, 15) is 0 Å². The summed E-state index contributed by atoms with van der Waals surface area (Å²) in [5.41, 5.74) is 2.01. The highest BCUT2D eigenvalue weighted by atomic mass is 28.9. The van der Waals surface area contributed by atoms with E-state index in [0.29, 0.717) is 0 Å². The van der Waals surface area contributed by atoms with Gasteiger partial charge in [-0.15, -0.1) is 0 Å². The first-order chi connectivity index (χ1) is 3.63. The van der Waals surface area contributed by atoms with Crippen LogP contribution in [0.15, 0.2) is 0 Å². The molecule has 0 saturated heterocycles. The quantitative estimate of drug-likeness (QED) is 0.514.